The third-order valence-corrected chi connectivity index (χ3v) is 4.39. The van der Waals surface area contributed by atoms with Crippen LogP contribution in [-0.4, -0.2) is 54.7 Å². The summed E-state index contributed by atoms with van der Waals surface area (Å²) < 4.78 is 11.2. The van der Waals surface area contributed by atoms with Crippen molar-refractivity contribution in [1.29, 1.82) is 0 Å². The Morgan fingerprint density at radius 3 is 2.82 bits per heavy atom. The summed E-state index contributed by atoms with van der Waals surface area (Å²) in [4.78, 5) is 21.2. The minimum atomic E-state index is -0.161. The molecule has 3 heterocycles. The predicted octanol–water partition coefficient (Wildman–Crippen LogP) is 1.66. The summed E-state index contributed by atoms with van der Waals surface area (Å²) in [6.07, 6.45) is 1.84. The molecule has 2 aliphatic heterocycles. The number of oxazole rings is 1. The normalized spacial score (nSPS) is 22.5. The smallest absolute Gasteiger partial charge is 0.299 e. The van der Waals surface area contributed by atoms with E-state index in [1.807, 2.05) is 34.1 Å². The zero-order valence-corrected chi connectivity index (χ0v) is 12.4. The van der Waals surface area contributed by atoms with Crippen LogP contribution in [0.15, 0.2) is 28.7 Å². The first-order valence-electron chi connectivity index (χ1n) is 7.82. The highest BCUT2D eigenvalue weighted by atomic mass is 16.5. The summed E-state index contributed by atoms with van der Waals surface area (Å²) in [6, 6.07) is 8.10. The van der Waals surface area contributed by atoms with Crippen molar-refractivity contribution in [2.75, 3.05) is 37.7 Å². The Balaban J connectivity index is 1.58. The first-order chi connectivity index (χ1) is 10.8. The number of ether oxygens (including phenoxy) is 1. The fourth-order valence-electron chi connectivity index (χ4n) is 3.23. The van der Waals surface area contributed by atoms with Crippen LogP contribution in [0.25, 0.3) is 11.1 Å². The van der Waals surface area contributed by atoms with Gasteiger partial charge in [0, 0.05) is 19.6 Å². The first-order valence-corrected chi connectivity index (χ1v) is 7.82. The number of hydrogen-bond acceptors (Lipinski definition) is 5. The van der Waals surface area contributed by atoms with E-state index in [1.54, 1.807) is 0 Å². The molecule has 2 saturated heterocycles. The minimum absolute atomic E-state index is 0.161. The molecule has 0 N–H and O–H groups in total. The zero-order chi connectivity index (χ0) is 14.9. The summed E-state index contributed by atoms with van der Waals surface area (Å²) in [5.41, 5.74) is 1.60. The Kier molecular flexibility index (Phi) is 3.46. The number of benzene rings is 1. The molecule has 2 aromatic rings. The second kappa shape index (κ2) is 5.61. The van der Waals surface area contributed by atoms with Crippen molar-refractivity contribution in [1.82, 2.24) is 9.88 Å². The van der Waals surface area contributed by atoms with Crippen LogP contribution < -0.4 is 4.90 Å². The minimum Gasteiger partial charge on any atom is -0.423 e. The number of hydrogen-bond donors (Lipinski definition) is 0. The Morgan fingerprint density at radius 1 is 1.18 bits per heavy atom. The Hall–Kier alpha value is -2.08. The monoisotopic (exact) mass is 301 g/mol. The Morgan fingerprint density at radius 2 is 2.00 bits per heavy atom. The lowest BCUT2D eigenvalue weighted by molar-refractivity contribution is -0.136. The van der Waals surface area contributed by atoms with Crippen molar-refractivity contribution in [2.45, 2.75) is 18.9 Å². The van der Waals surface area contributed by atoms with Gasteiger partial charge in [0.1, 0.15) is 11.6 Å². The van der Waals surface area contributed by atoms with Gasteiger partial charge in [0.05, 0.1) is 13.2 Å². The maximum Gasteiger partial charge on any atom is 0.299 e. The van der Waals surface area contributed by atoms with Gasteiger partial charge in [-0.2, -0.15) is 4.98 Å². The van der Waals surface area contributed by atoms with Crippen LogP contribution in [-0.2, 0) is 9.53 Å². The van der Waals surface area contributed by atoms with E-state index >= 15 is 0 Å². The van der Waals surface area contributed by atoms with Crippen molar-refractivity contribution in [3.05, 3.63) is 24.3 Å². The molecule has 0 unspecified atom stereocenters. The van der Waals surface area contributed by atoms with Gasteiger partial charge in [0.25, 0.3) is 6.01 Å². The van der Waals surface area contributed by atoms with Gasteiger partial charge in [-0.1, -0.05) is 12.1 Å². The van der Waals surface area contributed by atoms with Crippen molar-refractivity contribution in [3.8, 4) is 0 Å². The standard InChI is InChI=1S/C16H19N3O3/c20-15(18-8-10-21-11-9-18)13-5-3-7-19(13)16-17-12-4-1-2-6-14(12)22-16/h1-2,4,6,13H,3,5,7-11H2/t13-/m0/s1. The average molecular weight is 301 g/mol. The van der Waals surface area contributed by atoms with E-state index in [2.05, 4.69) is 4.98 Å². The maximum absolute atomic E-state index is 12.8. The number of anilines is 1. The lowest BCUT2D eigenvalue weighted by atomic mass is 10.2. The summed E-state index contributed by atoms with van der Waals surface area (Å²) in [5.74, 6) is 0.169. The highest BCUT2D eigenvalue weighted by Gasteiger charge is 2.36. The predicted molar refractivity (Wildman–Crippen MR) is 81.8 cm³/mol. The van der Waals surface area contributed by atoms with Gasteiger partial charge in [-0.05, 0) is 25.0 Å². The Labute approximate surface area is 128 Å². The fourth-order valence-corrected chi connectivity index (χ4v) is 3.23. The number of morpholine rings is 1. The zero-order valence-electron chi connectivity index (χ0n) is 12.4. The molecule has 1 aromatic heterocycles. The topological polar surface area (TPSA) is 58.8 Å². The van der Waals surface area contributed by atoms with Gasteiger partial charge in [-0.15, -0.1) is 0 Å². The summed E-state index contributed by atoms with van der Waals surface area (Å²) in [6.45, 7) is 3.42. The van der Waals surface area contributed by atoms with Crippen molar-refractivity contribution >= 4 is 23.0 Å². The number of nitrogens with zero attached hydrogens (tertiary/aromatic N) is 3. The molecule has 22 heavy (non-hydrogen) atoms. The average Bonchev–Trinajstić information content (AvgIpc) is 3.21. The largest absolute Gasteiger partial charge is 0.423 e. The summed E-state index contributed by atoms with van der Waals surface area (Å²) in [5, 5.41) is 0. The van der Waals surface area contributed by atoms with Crippen LogP contribution in [0, 0.1) is 0 Å². The van der Waals surface area contributed by atoms with Crippen LogP contribution in [0.5, 0.6) is 0 Å². The molecular weight excluding hydrogens is 282 g/mol. The molecular formula is C16H19N3O3. The van der Waals surface area contributed by atoms with Crippen LogP contribution in [0.2, 0.25) is 0 Å². The molecule has 0 radical (unpaired) electrons. The molecule has 0 spiro atoms. The van der Waals surface area contributed by atoms with E-state index in [0.29, 0.717) is 32.3 Å². The van der Waals surface area contributed by atoms with Crippen molar-refractivity contribution in [2.24, 2.45) is 0 Å². The highest BCUT2D eigenvalue weighted by molar-refractivity contribution is 5.86. The number of aromatic nitrogens is 1. The van der Waals surface area contributed by atoms with E-state index < -0.39 is 0 Å². The molecule has 0 aliphatic carbocycles. The second-order valence-corrected chi connectivity index (χ2v) is 5.75. The van der Waals surface area contributed by atoms with Gasteiger partial charge >= 0.3 is 0 Å². The molecule has 116 valence electrons. The number of fused-ring (bicyclic) bond motifs is 1. The van der Waals surface area contributed by atoms with E-state index in [-0.39, 0.29) is 11.9 Å². The van der Waals surface area contributed by atoms with E-state index in [4.69, 9.17) is 9.15 Å². The molecule has 6 nitrogen and oxygen atoms in total. The Bertz CT molecular complexity index is 645. The number of para-hydroxylation sites is 2. The van der Waals surface area contributed by atoms with E-state index in [0.717, 1.165) is 30.5 Å². The number of carbonyl (C=O) groups excluding carboxylic acids is 1. The molecule has 2 fully saturated rings. The van der Waals surface area contributed by atoms with Gasteiger partial charge in [0.2, 0.25) is 5.91 Å². The third kappa shape index (κ3) is 2.33. The molecule has 0 saturated carbocycles. The van der Waals surface area contributed by atoms with E-state index in [1.165, 1.54) is 0 Å². The molecule has 4 rings (SSSR count). The second-order valence-electron chi connectivity index (χ2n) is 5.75. The SMILES string of the molecule is O=C([C@@H]1CCCN1c1nc2ccccc2o1)N1CCOCC1. The van der Waals surface area contributed by atoms with Crippen LogP contribution in [0.4, 0.5) is 6.01 Å². The molecule has 6 heteroatoms. The third-order valence-electron chi connectivity index (χ3n) is 4.39. The lowest BCUT2D eigenvalue weighted by Gasteiger charge is -2.31. The molecule has 2 aliphatic rings. The number of amides is 1. The summed E-state index contributed by atoms with van der Waals surface area (Å²) in [7, 11) is 0. The fraction of sp³-hybridized carbons (Fsp3) is 0.500. The first kappa shape index (κ1) is 13.6. The lowest BCUT2D eigenvalue weighted by Crippen LogP contribution is -2.49. The molecule has 1 aromatic carbocycles. The van der Waals surface area contributed by atoms with Crippen LogP contribution in [0.1, 0.15) is 12.8 Å². The van der Waals surface area contributed by atoms with Gasteiger partial charge in [-0.3, -0.25) is 4.79 Å². The molecule has 1 atom stereocenters. The molecule has 0 bridgehead atoms. The van der Waals surface area contributed by atoms with Gasteiger partial charge < -0.3 is 19.0 Å². The summed E-state index contributed by atoms with van der Waals surface area (Å²) >= 11 is 0. The number of rotatable bonds is 2. The van der Waals surface area contributed by atoms with E-state index in [9.17, 15) is 4.79 Å². The quantitative estimate of drug-likeness (QED) is 0.844. The van der Waals surface area contributed by atoms with Crippen molar-refractivity contribution in [3.63, 3.8) is 0 Å². The highest BCUT2D eigenvalue weighted by Crippen LogP contribution is 2.29. The number of carbonyl (C=O) groups is 1. The van der Waals surface area contributed by atoms with Gasteiger partial charge in [-0.25, -0.2) is 0 Å². The van der Waals surface area contributed by atoms with Gasteiger partial charge in [0.15, 0.2) is 5.58 Å². The van der Waals surface area contributed by atoms with Crippen molar-refractivity contribution < 1.29 is 13.9 Å². The van der Waals surface area contributed by atoms with Crippen LogP contribution >= 0.6 is 0 Å². The maximum atomic E-state index is 12.8. The van der Waals surface area contributed by atoms with Crippen LogP contribution in [0.3, 0.4) is 0 Å². The molecule has 1 amide bonds.